The Labute approximate surface area is 174 Å². The number of carbonyl (C=O) groups excluding carboxylic acids is 1. The molecule has 1 amide bonds. The summed E-state index contributed by atoms with van der Waals surface area (Å²) >= 11 is 6.07. The van der Waals surface area contributed by atoms with Crippen LogP contribution in [0.2, 0.25) is 5.02 Å². The minimum Gasteiger partial charge on any atom is -0.369 e. The zero-order chi connectivity index (χ0) is 22.2. The van der Waals surface area contributed by atoms with Gasteiger partial charge in [-0.05, 0) is 50.1 Å². The van der Waals surface area contributed by atoms with Crippen LogP contribution in [-0.4, -0.2) is 20.7 Å². The van der Waals surface area contributed by atoms with Gasteiger partial charge in [-0.25, -0.2) is 14.1 Å². The number of aryl methyl sites for hydroxylation is 1. The zero-order valence-corrected chi connectivity index (χ0v) is 16.7. The molecule has 2 aromatic heterocycles. The normalized spacial score (nSPS) is 12.8. The molecule has 0 aliphatic heterocycles. The molecule has 0 spiro atoms. The summed E-state index contributed by atoms with van der Waals surface area (Å²) in [6.07, 6.45) is -3.37. The van der Waals surface area contributed by atoms with Gasteiger partial charge in [0.1, 0.15) is 11.4 Å². The molecule has 3 aromatic rings. The molecule has 2 N–H and O–H groups in total. The Morgan fingerprint density at radius 3 is 2.57 bits per heavy atom. The lowest BCUT2D eigenvalue weighted by Gasteiger charge is -2.16. The Kier molecular flexibility index (Phi) is 5.85. The van der Waals surface area contributed by atoms with Crippen LogP contribution in [0.25, 0.3) is 5.82 Å². The van der Waals surface area contributed by atoms with Crippen LogP contribution in [0, 0.1) is 19.7 Å². The molecule has 0 saturated heterocycles. The number of primary amides is 1. The van der Waals surface area contributed by atoms with Crippen LogP contribution < -0.4 is 5.73 Å². The van der Waals surface area contributed by atoms with Crippen molar-refractivity contribution in [2.24, 2.45) is 5.73 Å². The zero-order valence-electron chi connectivity index (χ0n) is 16.0. The molecule has 158 valence electrons. The standard InChI is InChI=1S/C20H17ClF4N4O/c1-10-17(14(18(26)30)8-12-5-6-13(22)9-16(12)21)11(2)29(28-10)19-15(20(23,24)25)4-3-7-27-19/h3-7,9,14H,8H2,1-2H3,(H2,26,30). The van der Waals surface area contributed by atoms with Gasteiger partial charge in [-0.15, -0.1) is 0 Å². The number of pyridine rings is 1. The number of rotatable bonds is 5. The van der Waals surface area contributed by atoms with E-state index in [2.05, 4.69) is 10.1 Å². The first kappa shape index (κ1) is 21.8. The van der Waals surface area contributed by atoms with Gasteiger partial charge < -0.3 is 5.73 Å². The van der Waals surface area contributed by atoms with Crippen LogP contribution >= 0.6 is 11.6 Å². The van der Waals surface area contributed by atoms with Crippen molar-refractivity contribution < 1.29 is 22.4 Å². The largest absolute Gasteiger partial charge is 0.420 e. The first-order valence-electron chi connectivity index (χ1n) is 8.82. The lowest BCUT2D eigenvalue weighted by molar-refractivity contribution is -0.137. The highest BCUT2D eigenvalue weighted by molar-refractivity contribution is 6.31. The monoisotopic (exact) mass is 440 g/mol. The highest BCUT2D eigenvalue weighted by Crippen LogP contribution is 2.35. The van der Waals surface area contributed by atoms with Gasteiger partial charge in [-0.3, -0.25) is 4.79 Å². The summed E-state index contributed by atoms with van der Waals surface area (Å²) in [6.45, 7) is 3.10. The van der Waals surface area contributed by atoms with Gasteiger partial charge in [-0.1, -0.05) is 17.7 Å². The molecule has 30 heavy (non-hydrogen) atoms. The molecule has 0 radical (unpaired) electrons. The fraction of sp³-hybridized carbons (Fsp3) is 0.250. The lowest BCUT2D eigenvalue weighted by Crippen LogP contribution is -2.24. The molecule has 0 fully saturated rings. The number of alkyl halides is 3. The summed E-state index contributed by atoms with van der Waals surface area (Å²) in [5.74, 6) is -2.58. The van der Waals surface area contributed by atoms with Crippen LogP contribution in [0.3, 0.4) is 0 Å². The molecule has 5 nitrogen and oxygen atoms in total. The van der Waals surface area contributed by atoms with Crippen LogP contribution in [0.5, 0.6) is 0 Å². The third-order valence-electron chi connectivity index (χ3n) is 4.77. The smallest absolute Gasteiger partial charge is 0.369 e. The second-order valence-electron chi connectivity index (χ2n) is 6.76. The van der Waals surface area contributed by atoms with E-state index in [-0.39, 0.29) is 11.4 Å². The molecule has 2 heterocycles. The number of aromatic nitrogens is 3. The molecular weight excluding hydrogens is 424 g/mol. The van der Waals surface area contributed by atoms with Crippen molar-refractivity contribution in [3.8, 4) is 5.82 Å². The van der Waals surface area contributed by atoms with Crippen LogP contribution in [0.15, 0.2) is 36.5 Å². The Morgan fingerprint density at radius 1 is 1.27 bits per heavy atom. The third-order valence-corrected chi connectivity index (χ3v) is 5.12. The van der Waals surface area contributed by atoms with Crippen molar-refractivity contribution >= 4 is 17.5 Å². The van der Waals surface area contributed by atoms with Crippen molar-refractivity contribution in [2.45, 2.75) is 32.4 Å². The summed E-state index contributed by atoms with van der Waals surface area (Å²) in [7, 11) is 0. The van der Waals surface area contributed by atoms with Crippen molar-refractivity contribution in [3.05, 3.63) is 75.4 Å². The number of halogens is 5. The third kappa shape index (κ3) is 4.16. The molecule has 1 atom stereocenters. The van der Waals surface area contributed by atoms with Crippen LogP contribution in [-0.2, 0) is 17.4 Å². The predicted molar refractivity (Wildman–Crippen MR) is 103 cm³/mol. The van der Waals surface area contributed by atoms with Gasteiger partial charge in [-0.2, -0.15) is 18.3 Å². The summed E-state index contributed by atoms with van der Waals surface area (Å²) in [5, 5.41) is 4.31. The van der Waals surface area contributed by atoms with E-state index >= 15 is 0 Å². The first-order valence-corrected chi connectivity index (χ1v) is 9.20. The second kappa shape index (κ2) is 8.06. The van der Waals surface area contributed by atoms with Crippen molar-refractivity contribution in [1.82, 2.24) is 14.8 Å². The van der Waals surface area contributed by atoms with Crippen molar-refractivity contribution in [3.63, 3.8) is 0 Å². The molecule has 0 bridgehead atoms. The number of benzene rings is 1. The lowest BCUT2D eigenvalue weighted by atomic mass is 9.90. The van der Waals surface area contributed by atoms with Gasteiger partial charge >= 0.3 is 6.18 Å². The summed E-state index contributed by atoms with van der Waals surface area (Å²) in [6, 6.07) is 5.83. The van der Waals surface area contributed by atoms with E-state index in [0.29, 0.717) is 22.5 Å². The fourth-order valence-electron chi connectivity index (χ4n) is 3.40. The average Bonchev–Trinajstić information content (AvgIpc) is 2.94. The van der Waals surface area contributed by atoms with E-state index in [1.807, 2.05) is 0 Å². The maximum atomic E-state index is 13.4. The number of nitrogens with zero attached hydrogens (tertiary/aromatic N) is 3. The second-order valence-corrected chi connectivity index (χ2v) is 7.17. The van der Waals surface area contributed by atoms with Gasteiger partial charge in [0.25, 0.3) is 0 Å². The number of hydrogen-bond donors (Lipinski definition) is 1. The molecule has 3 rings (SSSR count). The Balaban J connectivity index is 2.11. The average molecular weight is 441 g/mol. The van der Waals surface area contributed by atoms with E-state index in [1.165, 1.54) is 31.3 Å². The number of hydrogen-bond acceptors (Lipinski definition) is 3. The van der Waals surface area contributed by atoms with Gasteiger partial charge in [0, 0.05) is 22.5 Å². The van der Waals surface area contributed by atoms with Gasteiger partial charge in [0.05, 0.1) is 11.6 Å². The fourth-order valence-corrected chi connectivity index (χ4v) is 3.65. The molecular formula is C20H17ClF4N4O. The topological polar surface area (TPSA) is 73.8 Å². The molecule has 1 unspecified atom stereocenters. The number of carbonyl (C=O) groups is 1. The first-order chi connectivity index (χ1) is 14.0. The van der Waals surface area contributed by atoms with E-state index in [4.69, 9.17) is 17.3 Å². The molecule has 10 heteroatoms. The van der Waals surface area contributed by atoms with Crippen LogP contribution in [0.4, 0.5) is 17.6 Å². The minimum atomic E-state index is -4.64. The van der Waals surface area contributed by atoms with Crippen LogP contribution in [0.1, 0.15) is 34.0 Å². The van der Waals surface area contributed by atoms with Crippen molar-refractivity contribution in [1.29, 1.82) is 0 Å². The number of nitrogens with two attached hydrogens (primary N) is 1. The maximum Gasteiger partial charge on any atom is 0.420 e. The van der Waals surface area contributed by atoms with Gasteiger partial charge in [0.15, 0.2) is 5.82 Å². The number of amides is 1. The summed E-state index contributed by atoms with van der Waals surface area (Å²) in [4.78, 5) is 16.1. The molecule has 0 aliphatic carbocycles. The van der Waals surface area contributed by atoms with E-state index in [1.54, 1.807) is 6.92 Å². The van der Waals surface area contributed by atoms with Crippen molar-refractivity contribution in [2.75, 3.05) is 0 Å². The summed E-state index contributed by atoms with van der Waals surface area (Å²) < 4.78 is 54.7. The molecule has 1 aromatic carbocycles. The highest BCUT2D eigenvalue weighted by Gasteiger charge is 2.36. The Hall–Kier alpha value is -2.94. The van der Waals surface area contributed by atoms with E-state index in [0.717, 1.165) is 16.8 Å². The predicted octanol–water partition coefficient (Wildman–Crippen LogP) is 4.51. The quantitative estimate of drug-likeness (QED) is 0.593. The SMILES string of the molecule is Cc1nn(-c2ncccc2C(F)(F)F)c(C)c1C(Cc1ccc(F)cc1Cl)C(N)=O. The van der Waals surface area contributed by atoms with E-state index < -0.39 is 35.2 Å². The minimum absolute atomic E-state index is 0.0379. The Morgan fingerprint density at radius 2 is 1.97 bits per heavy atom. The summed E-state index contributed by atoms with van der Waals surface area (Å²) in [5.41, 5.74) is 6.10. The Bertz CT molecular complexity index is 1110. The molecule has 0 saturated carbocycles. The van der Waals surface area contributed by atoms with E-state index in [9.17, 15) is 22.4 Å². The maximum absolute atomic E-state index is 13.4. The highest BCUT2D eigenvalue weighted by atomic mass is 35.5. The molecule has 0 aliphatic rings. The van der Waals surface area contributed by atoms with Gasteiger partial charge in [0.2, 0.25) is 5.91 Å².